The Hall–Kier alpha value is -11.8. The van der Waals surface area contributed by atoms with Gasteiger partial charge < -0.3 is 147 Å². The lowest BCUT2D eigenvalue weighted by atomic mass is 9.81. The molecule has 0 bridgehead atoms. The average Bonchev–Trinajstić information content (AvgIpc) is 3.79. The zero-order valence-electron chi connectivity index (χ0n) is 35.9. The number of benzene rings is 9. The SMILES string of the molecule is Oc1c(O)c(O)c(-c2c(O)c(O)c(O)c3c(O)c(-c4c5c(O)c(O)c(O)c(O)c5c(-c5c(O)c(O)c(O)c6oc7c(O)c8c(O)c(O)c(O)c(O)c8c(O)c7c56)c5c(O)c(O)c(O)c(O)c45)c(O)c(O)c23)c(O)c1O. The molecule has 0 atom stereocenters. The van der Waals surface area contributed by atoms with Crippen molar-refractivity contribution in [3.63, 3.8) is 0 Å². The molecule has 0 fully saturated rings. The predicted molar refractivity (Wildman–Crippen MR) is 247 cm³/mol. The molecule has 10 rings (SSSR count). The maximum absolute atomic E-state index is 12.3. The van der Waals surface area contributed by atoms with Crippen LogP contribution in [-0.2, 0) is 0 Å². The van der Waals surface area contributed by atoms with Crippen molar-refractivity contribution in [1.29, 1.82) is 0 Å². The maximum Gasteiger partial charge on any atom is 0.208 e. The minimum atomic E-state index is -1.90. The first-order valence-corrected chi connectivity index (χ1v) is 20.2. The van der Waals surface area contributed by atoms with Gasteiger partial charge in [0.05, 0.1) is 32.7 Å². The molecule has 0 aliphatic carbocycles. The van der Waals surface area contributed by atoms with Crippen molar-refractivity contribution < 1.29 is 147 Å². The summed E-state index contributed by atoms with van der Waals surface area (Å²) >= 11 is 0. The van der Waals surface area contributed by atoms with Crippen molar-refractivity contribution in [3.8, 4) is 194 Å². The Kier molecular flexibility index (Phi) is 9.01. The third-order valence-corrected chi connectivity index (χ3v) is 12.9. The van der Waals surface area contributed by atoms with E-state index in [1.165, 1.54) is 0 Å². The lowest BCUT2D eigenvalue weighted by Gasteiger charge is -2.25. The molecular formula is C46H28O29. The van der Waals surface area contributed by atoms with Gasteiger partial charge in [0.15, 0.2) is 91.7 Å². The summed E-state index contributed by atoms with van der Waals surface area (Å²) in [6, 6.07) is 0. The number of phenolic OH excluding ortho intramolecular Hbond substituents is 28. The van der Waals surface area contributed by atoms with Crippen molar-refractivity contribution in [2.45, 2.75) is 0 Å². The van der Waals surface area contributed by atoms with E-state index in [1.807, 2.05) is 0 Å². The highest BCUT2D eigenvalue weighted by Crippen LogP contribution is 2.70. The molecule has 29 heteroatoms. The van der Waals surface area contributed by atoms with Crippen LogP contribution < -0.4 is 0 Å². The molecular weight excluding hydrogens is 1020 g/mol. The average molecular weight is 1040 g/mol. The molecule has 10 aromatic rings. The Morgan fingerprint density at radius 2 is 0.333 bits per heavy atom. The summed E-state index contributed by atoms with van der Waals surface area (Å²) in [7, 11) is 0. The number of fused-ring (bicyclic) bond motifs is 7. The topological polar surface area (TPSA) is 580 Å². The number of aromatic hydroxyl groups is 28. The van der Waals surface area contributed by atoms with Crippen molar-refractivity contribution in [2.24, 2.45) is 0 Å². The zero-order chi connectivity index (χ0) is 55.3. The summed E-state index contributed by atoms with van der Waals surface area (Å²) in [6.45, 7) is 0. The van der Waals surface area contributed by atoms with E-state index in [-0.39, 0.29) is 0 Å². The summed E-state index contributed by atoms with van der Waals surface area (Å²) in [5.41, 5.74) is -11.1. The van der Waals surface area contributed by atoms with Crippen LogP contribution in [0.2, 0.25) is 0 Å². The molecule has 0 unspecified atom stereocenters. The van der Waals surface area contributed by atoms with Crippen LogP contribution in [0.5, 0.6) is 161 Å². The lowest BCUT2D eigenvalue weighted by molar-refractivity contribution is 0.329. The van der Waals surface area contributed by atoms with Crippen LogP contribution in [0.25, 0.3) is 98.4 Å². The van der Waals surface area contributed by atoms with Gasteiger partial charge >= 0.3 is 0 Å². The first kappa shape index (κ1) is 46.9. The minimum absolute atomic E-state index is 1.10. The fourth-order valence-corrected chi connectivity index (χ4v) is 9.50. The summed E-state index contributed by atoms with van der Waals surface area (Å²) in [5, 5.41) is 301. The van der Waals surface area contributed by atoms with Gasteiger partial charge in [-0.1, -0.05) is 0 Å². The summed E-state index contributed by atoms with van der Waals surface area (Å²) < 4.78 is 5.57. The molecule has 0 saturated carbocycles. The van der Waals surface area contributed by atoms with Crippen molar-refractivity contribution in [3.05, 3.63) is 0 Å². The second-order valence-corrected chi connectivity index (χ2v) is 16.5. The number of rotatable bonds is 3. The van der Waals surface area contributed by atoms with Gasteiger partial charge in [-0.3, -0.25) is 0 Å². The number of hydrogen-bond donors (Lipinski definition) is 28. The van der Waals surface area contributed by atoms with Gasteiger partial charge in [-0.2, -0.15) is 0 Å². The van der Waals surface area contributed by atoms with E-state index < -0.39 is 259 Å². The summed E-state index contributed by atoms with van der Waals surface area (Å²) in [4.78, 5) is 0. The summed E-state index contributed by atoms with van der Waals surface area (Å²) in [6.07, 6.45) is 0. The largest absolute Gasteiger partial charge is 0.506 e. The molecule has 386 valence electrons. The first-order valence-electron chi connectivity index (χ1n) is 20.2. The molecule has 1 heterocycles. The van der Waals surface area contributed by atoms with Gasteiger partial charge in [0.2, 0.25) is 69.0 Å². The van der Waals surface area contributed by atoms with Gasteiger partial charge in [0.25, 0.3) is 0 Å². The Bertz CT molecular complexity index is 4330. The van der Waals surface area contributed by atoms with Gasteiger partial charge in [-0.15, -0.1) is 0 Å². The monoisotopic (exact) mass is 1040 g/mol. The molecule has 29 nitrogen and oxygen atoms in total. The van der Waals surface area contributed by atoms with Crippen LogP contribution >= 0.6 is 0 Å². The van der Waals surface area contributed by atoms with E-state index >= 15 is 0 Å². The Morgan fingerprint density at radius 1 is 0.120 bits per heavy atom. The highest BCUT2D eigenvalue weighted by Gasteiger charge is 2.41. The van der Waals surface area contributed by atoms with Gasteiger partial charge in [0.1, 0.15) is 11.5 Å². The highest BCUT2D eigenvalue weighted by atomic mass is 16.4. The normalized spacial score (nSPS) is 11.9. The maximum atomic E-state index is 12.3. The van der Waals surface area contributed by atoms with Crippen LogP contribution in [-0.4, -0.2) is 143 Å². The van der Waals surface area contributed by atoms with Crippen LogP contribution in [0.1, 0.15) is 0 Å². The van der Waals surface area contributed by atoms with Crippen LogP contribution in [0, 0.1) is 0 Å². The van der Waals surface area contributed by atoms with Crippen LogP contribution in [0.4, 0.5) is 0 Å². The minimum Gasteiger partial charge on any atom is -0.506 e. The number of hydrogen-bond acceptors (Lipinski definition) is 29. The summed E-state index contributed by atoms with van der Waals surface area (Å²) in [5.74, 6) is -47.4. The van der Waals surface area contributed by atoms with Crippen LogP contribution in [0.3, 0.4) is 0 Å². The second-order valence-electron chi connectivity index (χ2n) is 16.5. The fraction of sp³-hybridized carbons (Fsp3) is 0. The quantitative estimate of drug-likeness (QED) is 0.0631. The fourth-order valence-electron chi connectivity index (χ4n) is 9.50. The van der Waals surface area contributed by atoms with Gasteiger partial charge in [-0.25, -0.2) is 0 Å². The molecule has 0 spiro atoms. The number of furan rings is 1. The van der Waals surface area contributed by atoms with Crippen LogP contribution in [0.15, 0.2) is 4.42 Å². The molecule has 0 radical (unpaired) electrons. The molecule has 9 aromatic carbocycles. The Balaban J connectivity index is 1.53. The molecule has 1 aromatic heterocycles. The third-order valence-electron chi connectivity index (χ3n) is 12.9. The van der Waals surface area contributed by atoms with Crippen molar-refractivity contribution in [1.82, 2.24) is 0 Å². The predicted octanol–water partition coefficient (Wildman–Crippen LogP) is 4.96. The third kappa shape index (κ3) is 5.20. The standard InChI is InChI=1S/C46H28O29/c47-17-11(26(56)19(49)8-9(25(55)33(63)27(57)12(8)17)13-28(58)40(70)43(73)41(71)29(13)59)2-5-3(20(50)34(64)36(66)22(5)52)1(4-6(2)23(53)37(67)35(65)21(4)51)7-10-16-18(48)14-15(31(61)39(69)38(68)30(14)60)32(62)46(16)75-45(10)44(74)42(72)24(7)54/h47-74H. The van der Waals surface area contributed by atoms with Crippen molar-refractivity contribution in [2.75, 3.05) is 0 Å². The smallest absolute Gasteiger partial charge is 0.208 e. The van der Waals surface area contributed by atoms with E-state index in [1.54, 1.807) is 0 Å². The zero-order valence-corrected chi connectivity index (χ0v) is 35.9. The highest BCUT2D eigenvalue weighted by molar-refractivity contribution is 6.35. The van der Waals surface area contributed by atoms with Gasteiger partial charge in [-0.05, 0) is 0 Å². The number of phenols is 28. The van der Waals surface area contributed by atoms with E-state index in [0.29, 0.717) is 0 Å². The molecule has 0 aliphatic rings. The Labute approximate surface area is 406 Å². The molecule has 75 heavy (non-hydrogen) atoms. The second kappa shape index (κ2) is 14.4. The Morgan fingerprint density at radius 3 is 0.747 bits per heavy atom. The molecule has 0 aliphatic heterocycles. The van der Waals surface area contributed by atoms with E-state index in [0.717, 1.165) is 0 Å². The van der Waals surface area contributed by atoms with E-state index in [4.69, 9.17) is 4.42 Å². The lowest BCUT2D eigenvalue weighted by Crippen LogP contribution is -1.97. The first-order chi connectivity index (χ1) is 35.0. The van der Waals surface area contributed by atoms with E-state index in [9.17, 15) is 143 Å². The molecule has 0 saturated heterocycles. The van der Waals surface area contributed by atoms with E-state index in [2.05, 4.69) is 0 Å². The molecule has 0 amide bonds. The molecule has 28 N–H and O–H groups in total. The van der Waals surface area contributed by atoms with Crippen molar-refractivity contribution >= 4 is 65.0 Å². The van der Waals surface area contributed by atoms with Gasteiger partial charge in [0, 0.05) is 54.6 Å².